The van der Waals surface area contributed by atoms with Crippen molar-refractivity contribution in [2.24, 2.45) is 0 Å². The van der Waals surface area contributed by atoms with Crippen molar-refractivity contribution in [1.29, 1.82) is 0 Å². The van der Waals surface area contributed by atoms with E-state index >= 15 is 0 Å². The van der Waals surface area contributed by atoms with E-state index in [9.17, 15) is 13.2 Å². The van der Waals surface area contributed by atoms with Gasteiger partial charge in [-0.25, -0.2) is 13.4 Å². The second-order valence-electron chi connectivity index (χ2n) is 8.59. The van der Waals surface area contributed by atoms with Gasteiger partial charge in [0.25, 0.3) is 5.91 Å². The third-order valence-corrected chi connectivity index (χ3v) is 6.93. The number of aromatic nitrogens is 3. The molecule has 2 aromatic heterocycles. The fourth-order valence-electron chi connectivity index (χ4n) is 4.47. The Kier molecular flexibility index (Phi) is 6.15. The molecule has 4 rings (SSSR count). The van der Waals surface area contributed by atoms with Crippen LogP contribution in [0.3, 0.4) is 0 Å². The van der Waals surface area contributed by atoms with Gasteiger partial charge in [-0.1, -0.05) is 0 Å². The minimum atomic E-state index is -2.99. The van der Waals surface area contributed by atoms with Gasteiger partial charge in [0.2, 0.25) is 0 Å². The van der Waals surface area contributed by atoms with E-state index in [2.05, 4.69) is 20.6 Å². The van der Waals surface area contributed by atoms with Crippen LogP contribution in [0.15, 0.2) is 43.1 Å². The SMILES string of the molecule is C[C@H](CS(C)(=O)=O)NC1CCC(NC(=O)c2cc(-n3ccnc3)cc3cc[nH]c23)CC1. The van der Waals surface area contributed by atoms with Crippen molar-refractivity contribution in [2.45, 2.75) is 50.7 Å². The number of rotatable bonds is 7. The average Bonchev–Trinajstić information content (AvgIpc) is 3.39. The second kappa shape index (κ2) is 8.84. The number of carbonyl (C=O) groups excluding carboxylic acids is 1. The van der Waals surface area contributed by atoms with Gasteiger partial charge in [-0.15, -0.1) is 0 Å². The number of hydrogen-bond donors (Lipinski definition) is 3. The molecule has 9 heteroatoms. The highest BCUT2D eigenvalue weighted by atomic mass is 32.2. The smallest absolute Gasteiger partial charge is 0.253 e. The second-order valence-corrected chi connectivity index (χ2v) is 10.8. The molecule has 3 aromatic rings. The van der Waals surface area contributed by atoms with Gasteiger partial charge in [0.05, 0.1) is 23.2 Å². The molecule has 1 amide bonds. The normalized spacial score (nSPS) is 20.6. The highest BCUT2D eigenvalue weighted by Crippen LogP contribution is 2.24. The summed E-state index contributed by atoms with van der Waals surface area (Å²) in [5, 5.41) is 7.59. The first-order valence-electron chi connectivity index (χ1n) is 10.6. The summed E-state index contributed by atoms with van der Waals surface area (Å²) in [6, 6.07) is 6.19. The zero-order valence-electron chi connectivity index (χ0n) is 17.8. The minimum absolute atomic E-state index is 0.0711. The molecular weight excluding hydrogens is 414 g/mol. The molecule has 8 nitrogen and oxygen atoms in total. The van der Waals surface area contributed by atoms with Crippen LogP contribution in [0.25, 0.3) is 16.6 Å². The molecule has 1 fully saturated rings. The fraction of sp³-hybridized carbons (Fsp3) is 0.455. The number of sulfone groups is 1. The lowest BCUT2D eigenvalue weighted by Crippen LogP contribution is -2.46. The summed E-state index contributed by atoms with van der Waals surface area (Å²) in [6.45, 7) is 1.91. The number of nitrogens with one attached hydrogen (secondary N) is 3. The molecule has 1 aliphatic carbocycles. The maximum absolute atomic E-state index is 13.1. The molecule has 1 saturated carbocycles. The Balaban J connectivity index is 1.40. The van der Waals surface area contributed by atoms with Gasteiger partial charge >= 0.3 is 0 Å². The zero-order chi connectivity index (χ0) is 22.0. The van der Waals surface area contributed by atoms with Crippen LogP contribution in [0.1, 0.15) is 43.0 Å². The molecule has 0 bridgehead atoms. The van der Waals surface area contributed by atoms with Gasteiger partial charge in [0.15, 0.2) is 0 Å². The molecule has 1 atom stereocenters. The van der Waals surface area contributed by atoms with Crippen LogP contribution in [0.2, 0.25) is 0 Å². The maximum atomic E-state index is 13.1. The molecule has 0 aliphatic heterocycles. The third-order valence-electron chi connectivity index (χ3n) is 5.83. The largest absolute Gasteiger partial charge is 0.361 e. The molecule has 0 spiro atoms. The monoisotopic (exact) mass is 443 g/mol. The van der Waals surface area contributed by atoms with Crippen LogP contribution in [0.5, 0.6) is 0 Å². The van der Waals surface area contributed by atoms with Crippen molar-refractivity contribution in [3.05, 3.63) is 48.7 Å². The quantitative estimate of drug-likeness (QED) is 0.520. The first-order chi connectivity index (χ1) is 14.8. The number of H-pyrrole nitrogens is 1. The molecule has 1 aromatic carbocycles. The van der Waals surface area contributed by atoms with E-state index in [1.54, 1.807) is 12.5 Å². The maximum Gasteiger partial charge on any atom is 0.253 e. The first kappa shape index (κ1) is 21.6. The van der Waals surface area contributed by atoms with E-state index in [-0.39, 0.29) is 29.8 Å². The van der Waals surface area contributed by atoms with Crippen LogP contribution in [0, 0.1) is 0 Å². The van der Waals surface area contributed by atoms with Gasteiger partial charge in [0.1, 0.15) is 9.84 Å². The molecule has 2 heterocycles. The number of fused-ring (bicyclic) bond motifs is 1. The van der Waals surface area contributed by atoms with Gasteiger partial charge in [-0.2, -0.15) is 0 Å². The van der Waals surface area contributed by atoms with E-state index < -0.39 is 9.84 Å². The third kappa shape index (κ3) is 5.34. The van der Waals surface area contributed by atoms with Crippen LogP contribution < -0.4 is 10.6 Å². The van der Waals surface area contributed by atoms with E-state index in [4.69, 9.17) is 0 Å². The lowest BCUT2D eigenvalue weighted by molar-refractivity contribution is 0.0925. The Morgan fingerprint density at radius 1 is 1.26 bits per heavy atom. The molecular formula is C22H29N5O3S. The van der Waals surface area contributed by atoms with Crippen LogP contribution in [0.4, 0.5) is 0 Å². The van der Waals surface area contributed by atoms with Gasteiger partial charge in [0, 0.05) is 54.0 Å². The Labute approximate surface area is 182 Å². The number of imidazole rings is 1. The minimum Gasteiger partial charge on any atom is -0.361 e. The average molecular weight is 444 g/mol. The topological polar surface area (TPSA) is 109 Å². The van der Waals surface area contributed by atoms with Crippen molar-refractivity contribution in [3.8, 4) is 5.69 Å². The molecule has 0 radical (unpaired) electrons. The number of benzene rings is 1. The predicted molar refractivity (Wildman–Crippen MR) is 121 cm³/mol. The molecule has 166 valence electrons. The number of nitrogens with zero attached hydrogens (tertiary/aromatic N) is 2. The lowest BCUT2D eigenvalue weighted by Gasteiger charge is -2.31. The Hall–Kier alpha value is -2.65. The molecule has 0 saturated heterocycles. The zero-order valence-corrected chi connectivity index (χ0v) is 18.7. The van der Waals surface area contributed by atoms with Crippen molar-refractivity contribution in [2.75, 3.05) is 12.0 Å². The predicted octanol–water partition coefficient (Wildman–Crippen LogP) is 2.42. The highest BCUT2D eigenvalue weighted by molar-refractivity contribution is 7.90. The molecule has 0 unspecified atom stereocenters. The number of hydrogen-bond acceptors (Lipinski definition) is 5. The summed E-state index contributed by atoms with van der Waals surface area (Å²) in [5.74, 6) is 0.0551. The summed E-state index contributed by atoms with van der Waals surface area (Å²) in [6.07, 6.45) is 11.9. The van der Waals surface area contributed by atoms with E-state index in [1.807, 2.05) is 42.1 Å². The Bertz CT molecular complexity index is 1150. The number of carbonyl (C=O) groups is 1. The fourth-order valence-corrected chi connectivity index (χ4v) is 5.47. The van der Waals surface area contributed by atoms with Crippen LogP contribution >= 0.6 is 0 Å². The van der Waals surface area contributed by atoms with E-state index in [0.29, 0.717) is 5.56 Å². The summed E-state index contributed by atoms with van der Waals surface area (Å²) in [4.78, 5) is 20.4. The summed E-state index contributed by atoms with van der Waals surface area (Å²) >= 11 is 0. The van der Waals surface area contributed by atoms with Gasteiger partial charge in [-0.05, 0) is 50.8 Å². The molecule has 3 N–H and O–H groups in total. The van der Waals surface area contributed by atoms with Gasteiger partial charge < -0.3 is 20.2 Å². The van der Waals surface area contributed by atoms with Crippen molar-refractivity contribution < 1.29 is 13.2 Å². The number of aromatic amines is 1. The van der Waals surface area contributed by atoms with E-state index in [1.165, 1.54) is 6.26 Å². The van der Waals surface area contributed by atoms with Crippen LogP contribution in [-0.4, -0.2) is 59.0 Å². The van der Waals surface area contributed by atoms with Crippen molar-refractivity contribution in [3.63, 3.8) is 0 Å². The number of amides is 1. The standard InChI is InChI=1S/C22H29N5O3S/c1-15(13-31(2,29)30)25-17-3-5-18(6-4-17)26-22(28)20-12-19(27-10-9-23-14-27)11-16-7-8-24-21(16)20/h7-12,14-15,17-18,24-25H,3-6,13H2,1-2H3,(H,26,28)/t15-,17?,18?/m1/s1. The van der Waals surface area contributed by atoms with Crippen LogP contribution in [-0.2, 0) is 9.84 Å². The summed E-state index contributed by atoms with van der Waals surface area (Å²) in [5.41, 5.74) is 2.34. The summed E-state index contributed by atoms with van der Waals surface area (Å²) in [7, 11) is -2.99. The van der Waals surface area contributed by atoms with Gasteiger partial charge in [-0.3, -0.25) is 4.79 Å². The molecule has 31 heavy (non-hydrogen) atoms. The Morgan fingerprint density at radius 2 is 2.00 bits per heavy atom. The first-order valence-corrected chi connectivity index (χ1v) is 12.7. The highest BCUT2D eigenvalue weighted by Gasteiger charge is 2.25. The van der Waals surface area contributed by atoms with Crippen molar-refractivity contribution in [1.82, 2.24) is 25.2 Å². The van der Waals surface area contributed by atoms with E-state index in [0.717, 1.165) is 42.3 Å². The summed E-state index contributed by atoms with van der Waals surface area (Å²) < 4.78 is 24.8. The Morgan fingerprint density at radius 3 is 2.68 bits per heavy atom. The van der Waals surface area contributed by atoms with Crippen molar-refractivity contribution >= 4 is 26.6 Å². The lowest BCUT2D eigenvalue weighted by atomic mass is 9.90. The molecule has 1 aliphatic rings.